The van der Waals surface area contributed by atoms with Crippen molar-refractivity contribution in [1.29, 1.82) is 0 Å². The third kappa shape index (κ3) is 4.68. The summed E-state index contributed by atoms with van der Waals surface area (Å²) in [6, 6.07) is 9.16. The van der Waals surface area contributed by atoms with E-state index in [1.165, 1.54) is 19.8 Å². The molecule has 6 heteroatoms. The van der Waals surface area contributed by atoms with Crippen molar-refractivity contribution in [2.45, 2.75) is 19.8 Å². The summed E-state index contributed by atoms with van der Waals surface area (Å²) in [5.74, 6) is 6.76. The average Bonchev–Trinajstić information content (AvgIpc) is 2.73. The van der Waals surface area contributed by atoms with Gasteiger partial charge in [-0.3, -0.25) is 4.79 Å². The number of carbonyl (C=O) groups excluding carboxylic acids is 1. The van der Waals surface area contributed by atoms with E-state index >= 15 is 0 Å². The molecule has 0 saturated carbocycles. The van der Waals surface area contributed by atoms with Crippen LogP contribution in [0.5, 0.6) is 11.8 Å². The highest BCUT2D eigenvalue weighted by molar-refractivity contribution is 5.96. The van der Waals surface area contributed by atoms with Gasteiger partial charge in [0.05, 0.1) is 14.2 Å². The Morgan fingerprint density at radius 2 is 1.89 bits per heavy atom. The first-order valence-electron chi connectivity index (χ1n) is 9.12. The summed E-state index contributed by atoms with van der Waals surface area (Å²) in [6.07, 6.45) is 3.54. The van der Waals surface area contributed by atoms with Gasteiger partial charge < -0.3 is 14.4 Å². The summed E-state index contributed by atoms with van der Waals surface area (Å²) in [7, 11) is 3.02. The number of rotatable bonds is 3. The Kier molecular flexibility index (Phi) is 6.28. The highest BCUT2D eigenvalue weighted by atomic mass is 16.5. The molecule has 1 aliphatic heterocycles. The Morgan fingerprint density at radius 1 is 1.11 bits per heavy atom. The number of allylic oxidation sites excluding steroid dienone is 1. The van der Waals surface area contributed by atoms with E-state index in [1.807, 2.05) is 36.1 Å². The number of aryl methyl sites for hydroxylation is 1. The van der Waals surface area contributed by atoms with Crippen molar-refractivity contribution in [2.75, 3.05) is 27.3 Å². The van der Waals surface area contributed by atoms with E-state index in [2.05, 4.69) is 21.8 Å². The molecule has 2 aromatic rings. The number of piperidine rings is 1. The average molecular weight is 377 g/mol. The van der Waals surface area contributed by atoms with Crippen molar-refractivity contribution in [1.82, 2.24) is 14.9 Å². The van der Waals surface area contributed by atoms with Crippen molar-refractivity contribution in [3.05, 3.63) is 58.9 Å². The number of hydrogen-bond acceptors (Lipinski definition) is 5. The second kappa shape index (κ2) is 9.05. The van der Waals surface area contributed by atoms with Crippen molar-refractivity contribution in [3.8, 4) is 23.6 Å². The highest BCUT2D eigenvalue weighted by Gasteiger charge is 2.23. The lowest BCUT2D eigenvalue weighted by Crippen LogP contribution is -2.36. The molecule has 1 amide bonds. The van der Waals surface area contributed by atoms with Crippen LogP contribution in [0, 0.1) is 18.8 Å². The van der Waals surface area contributed by atoms with E-state index in [9.17, 15) is 4.79 Å². The molecule has 0 unspecified atom stereocenters. The summed E-state index contributed by atoms with van der Waals surface area (Å²) >= 11 is 0. The first-order valence-corrected chi connectivity index (χ1v) is 9.12. The highest BCUT2D eigenvalue weighted by Crippen LogP contribution is 2.24. The van der Waals surface area contributed by atoms with Gasteiger partial charge in [0.15, 0.2) is 0 Å². The molecule has 1 aliphatic rings. The number of likely N-dealkylation sites (tertiary alicyclic amines) is 1. The van der Waals surface area contributed by atoms with Crippen LogP contribution in [-0.4, -0.2) is 48.1 Å². The zero-order valence-electron chi connectivity index (χ0n) is 16.4. The molecule has 6 nitrogen and oxygen atoms in total. The Labute approximate surface area is 165 Å². The van der Waals surface area contributed by atoms with Crippen LogP contribution < -0.4 is 9.47 Å². The predicted molar refractivity (Wildman–Crippen MR) is 106 cm³/mol. The molecular formula is C22H23N3O3. The van der Waals surface area contributed by atoms with Crippen LogP contribution in [0.25, 0.3) is 0 Å². The number of carbonyl (C=O) groups is 1. The van der Waals surface area contributed by atoms with Gasteiger partial charge in [-0.1, -0.05) is 17.6 Å². The molecule has 2 aromatic heterocycles. The van der Waals surface area contributed by atoms with Crippen LogP contribution in [0.4, 0.5) is 0 Å². The fourth-order valence-corrected chi connectivity index (χ4v) is 2.99. The molecule has 0 aliphatic carbocycles. The Morgan fingerprint density at radius 3 is 2.57 bits per heavy atom. The smallest absolute Gasteiger partial charge is 0.259 e. The largest absolute Gasteiger partial charge is 0.481 e. The van der Waals surface area contributed by atoms with Crippen molar-refractivity contribution >= 4 is 5.91 Å². The van der Waals surface area contributed by atoms with E-state index in [0.717, 1.165) is 24.2 Å². The van der Waals surface area contributed by atoms with Crippen LogP contribution >= 0.6 is 0 Å². The van der Waals surface area contributed by atoms with Gasteiger partial charge in [-0.2, -0.15) is 4.98 Å². The zero-order chi connectivity index (χ0) is 19.9. The summed E-state index contributed by atoms with van der Waals surface area (Å²) in [5.41, 5.74) is 3.41. The first-order chi connectivity index (χ1) is 13.6. The third-order valence-electron chi connectivity index (χ3n) is 4.53. The minimum Gasteiger partial charge on any atom is -0.481 e. The molecule has 0 aromatic carbocycles. The first kappa shape index (κ1) is 19.4. The van der Waals surface area contributed by atoms with Gasteiger partial charge in [0, 0.05) is 24.8 Å². The quantitative estimate of drug-likeness (QED) is 0.770. The molecule has 3 heterocycles. The van der Waals surface area contributed by atoms with Crippen LogP contribution in [-0.2, 0) is 0 Å². The monoisotopic (exact) mass is 377 g/mol. The van der Waals surface area contributed by atoms with Crippen LogP contribution in [0.15, 0.2) is 42.0 Å². The zero-order valence-corrected chi connectivity index (χ0v) is 16.4. The molecule has 3 rings (SSSR count). The Hall–Kier alpha value is -3.33. The van der Waals surface area contributed by atoms with E-state index in [4.69, 9.17) is 9.47 Å². The SMILES string of the molecule is COc1ccc(C(=O)N2CCC(=CC#Cc3cccc(C)n3)CC2)c(OC)n1. The van der Waals surface area contributed by atoms with Gasteiger partial charge in [0.2, 0.25) is 11.8 Å². The van der Waals surface area contributed by atoms with Crippen molar-refractivity contribution in [3.63, 3.8) is 0 Å². The van der Waals surface area contributed by atoms with E-state index in [1.54, 1.807) is 12.1 Å². The minimum absolute atomic E-state index is 0.0823. The molecule has 0 radical (unpaired) electrons. The third-order valence-corrected chi connectivity index (χ3v) is 4.53. The number of hydrogen-bond donors (Lipinski definition) is 0. The van der Waals surface area contributed by atoms with Crippen molar-refractivity contribution in [2.24, 2.45) is 0 Å². The fourth-order valence-electron chi connectivity index (χ4n) is 2.99. The molecule has 1 fully saturated rings. The number of pyridine rings is 2. The van der Waals surface area contributed by atoms with Crippen molar-refractivity contribution < 1.29 is 14.3 Å². The maximum absolute atomic E-state index is 12.8. The minimum atomic E-state index is -0.0823. The number of aromatic nitrogens is 2. The van der Waals surface area contributed by atoms with Gasteiger partial charge in [-0.15, -0.1) is 0 Å². The molecule has 144 valence electrons. The molecule has 0 bridgehead atoms. The maximum atomic E-state index is 12.8. The molecule has 1 saturated heterocycles. The van der Waals surface area contributed by atoms with Gasteiger partial charge in [0.1, 0.15) is 11.3 Å². The lowest BCUT2D eigenvalue weighted by molar-refractivity contribution is 0.0739. The lowest BCUT2D eigenvalue weighted by atomic mass is 10.0. The number of nitrogens with zero attached hydrogens (tertiary/aromatic N) is 3. The predicted octanol–water partition coefficient (Wildman–Crippen LogP) is 3.02. The van der Waals surface area contributed by atoms with Crippen LogP contribution in [0.1, 0.15) is 34.6 Å². The molecule has 0 spiro atoms. The molecule has 0 atom stereocenters. The second-order valence-electron chi connectivity index (χ2n) is 6.44. The van der Waals surface area contributed by atoms with E-state index in [0.29, 0.717) is 24.5 Å². The van der Waals surface area contributed by atoms with Gasteiger partial charge in [0.25, 0.3) is 5.91 Å². The number of ether oxygens (including phenoxy) is 2. The normalized spacial score (nSPS) is 13.4. The summed E-state index contributed by atoms with van der Waals surface area (Å²) in [5, 5.41) is 0. The summed E-state index contributed by atoms with van der Waals surface area (Å²) < 4.78 is 10.3. The van der Waals surface area contributed by atoms with Gasteiger partial charge in [-0.25, -0.2) is 4.98 Å². The standard InChI is InChI=1S/C22H23N3O3/c1-16-6-4-8-18(23-16)9-5-7-17-12-14-25(15-13-17)22(26)19-10-11-20(27-2)24-21(19)28-3/h4,6-8,10-11H,12-15H2,1-3H3. The maximum Gasteiger partial charge on any atom is 0.259 e. The van der Waals surface area contributed by atoms with E-state index < -0.39 is 0 Å². The number of methoxy groups -OCH3 is 2. The fraction of sp³-hybridized carbons (Fsp3) is 0.318. The Bertz CT molecular complexity index is 947. The lowest BCUT2D eigenvalue weighted by Gasteiger charge is -2.28. The molecule has 28 heavy (non-hydrogen) atoms. The van der Waals surface area contributed by atoms with E-state index in [-0.39, 0.29) is 11.8 Å². The van der Waals surface area contributed by atoms with Gasteiger partial charge in [-0.05, 0) is 50.0 Å². The topological polar surface area (TPSA) is 64.5 Å². The number of amides is 1. The Balaban J connectivity index is 1.63. The van der Waals surface area contributed by atoms with Crippen LogP contribution in [0.2, 0.25) is 0 Å². The second-order valence-corrected chi connectivity index (χ2v) is 6.44. The van der Waals surface area contributed by atoms with Gasteiger partial charge >= 0.3 is 0 Å². The summed E-state index contributed by atoms with van der Waals surface area (Å²) in [4.78, 5) is 23.2. The molecular weight excluding hydrogens is 354 g/mol. The summed E-state index contributed by atoms with van der Waals surface area (Å²) in [6.45, 7) is 3.23. The van der Waals surface area contributed by atoms with Crippen LogP contribution in [0.3, 0.4) is 0 Å². The molecule has 0 N–H and O–H groups in total.